The maximum Gasteiger partial charge on any atom is 0.375 e. The fourth-order valence-electron chi connectivity index (χ4n) is 0.973. The van der Waals surface area contributed by atoms with Crippen LogP contribution in [0.25, 0.3) is 0 Å². The quantitative estimate of drug-likeness (QED) is 0.394. The molecule has 0 heterocycles. The van der Waals surface area contributed by atoms with E-state index in [4.69, 9.17) is 68.0 Å². The van der Waals surface area contributed by atoms with Gasteiger partial charge in [0.15, 0.2) is 0 Å². The van der Waals surface area contributed by atoms with E-state index in [1.807, 2.05) is 0 Å². The maximum atomic E-state index is 5.95. The van der Waals surface area contributed by atoms with Gasteiger partial charge in [-0.05, 0) is 18.6 Å². The van der Waals surface area contributed by atoms with Gasteiger partial charge in [0.25, 0.3) is 0 Å². The van der Waals surface area contributed by atoms with Crippen molar-refractivity contribution in [2.24, 2.45) is 0 Å². The third kappa shape index (κ3) is 2.65. The summed E-state index contributed by atoms with van der Waals surface area (Å²) < 4.78 is 0. The third-order valence-electron chi connectivity index (χ3n) is 1.62. The molecule has 0 aliphatic heterocycles. The van der Waals surface area contributed by atoms with Gasteiger partial charge < -0.3 is 0 Å². The Bertz CT molecular complexity index is 369. The summed E-state index contributed by atoms with van der Waals surface area (Å²) >= 11 is 35.3. The molecule has 1 rings (SSSR count). The van der Waals surface area contributed by atoms with Crippen molar-refractivity contribution in [3.8, 4) is 0 Å². The summed E-state index contributed by atoms with van der Waals surface area (Å²) in [5, 5.41) is 1.32. The van der Waals surface area contributed by atoms with Crippen molar-refractivity contribution in [2.45, 2.75) is 6.92 Å². The molecule has 0 aliphatic rings. The second-order valence-electron chi connectivity index (χ2n) is 2.68. The molecule has 14 heavy (non-hydrogen) atoms. The first-order valence-corrected chi connectivity index (χ1v) is 9.63. The summed E-state index contributed by atoms with van der Waals surface area (Å²) in [6.07, 6.45) is 0. The van der Waals surface area contributed by atoms with E-state index >= 15 is 0 Å². The molecule has 78 valence electrons. The Morgan fingerprint density at radius 3 is 1.93 bits per heavy atom. The highest BCUT2D eigenvalue weighted by Crippen LogP contribution is 2.33. The van der Waals surface area contributed by atoms with Gasteiger partial charge in [0.05, 0.1) is 10.0 Å². The third-order valence-corrected chi connectivity index (χ3v) is 5.99. The predicted octanol–water partition coefficient (Wildman–Crippen LogP) is 4.82. The van der Waals surface area contributed by atoms with Crippen molar-refractivity contribution in [3.63, 3.8) is 0 Å². The van der Waals surface area contributed by atoms with Gasteiger partial charge in [0.1, 0.15) is 0 Å². The Morgan fingerprint density at radius 2 is 1.50 bits per heavy atom. The molecule has 0 saturated carbocycles. The molecule has 0 unspecified atom stereocenters. The summed E-state index contributed by atoms with van der Waals surface area (Å²) in [7, 11) is 0. The molecule has 0 N–H and O–H groups in total. The Morgan fingerprint density at radius 1 is 1.00 bits per heavy atom. The molecule has 0 fully saturated rings. The smallest absolute Gasteiger partial charge is 0.121 e. The number of halogens is 6. The topological polar surface area (TPSA) is 0 Å². The van der Waals surface area contributed by atoms with Crippen molar-refractivity contribution < 1.29 is 0 Å². The Hall–Kier alpha value is 1.18. The van der Waals surface area contributed by atoms with Crippen LogP contribution in [-0.4, -0.2) is 6.00 Å². The molecule has 0 bridgehead atoms. The fraction of sp³-hybridized carbons (Fsp3) is 0.143. The van der Waals surface area contributed by atoms with Crippen LogP contribution >= 0.6 is 68.0 Å². The predicted molar refractivity (Wildman–Crippen MR) is 69.2 cm³/mol. The zero-order chi connectivity index (χ0) is 11.1. The average Bonchev–Trinajstić information content (AvgIpc) is 1.97. The molecule has 0 saturated heterocycles. The monoisotopic (exact) mass is 326 g/mol. The lowest BCUT2D eigenvalue weighted by Gasteiger charge is -2.15. The second-order valence-corrected chi connectivity index (χ2v) is 12.2. The largest absolute Gasteiger partial charge is 0.375 e. The molecular formula is C7H4Cl6Si. The minimum Gasteiger partial charge on any atom is -0.121 e. The summed E-state index contributed by atoms with van der Waals surface area (Å²) in [4.78, 5) is 0. The molecule has 0 nitrogen and oxygen atoms in total. The number of hydrogen-bond donors (Lipinski definition) is 0. The van der Waals surface area contributed by atoms with E-state index < -0.39 is 6.00 Å². The van der Waals surface area contributed by atoms with Crippen LogP contribution in [0.5, 0.6) is 0 Å². The molecule has 0 aliphatic carbocycles. The molecule has 7 heteroatoms. The van der Waals surface area contributed by atoms with Crippen LogP contribution in [0.4, 0.5) is 0 Å². The van der Waals surface area contributed by atoms with Gasteiger partial charge in [0, 0.05) is 10.2 Å². The number of rotatable bonds is 1. The molecular weight excluding hydrogens is 325 g/mol. The van der Waals surface area contributed by atoms with Gasteiger partial charge in [-0.3, -0.25) is 0 Å². The zero-order valence-electron chi connectivity index (χ0n) is 6.85. The number of benzene rings is 1. The van der Waals surface area contributed by atoms with Crippen molar-refractivity contribution in [1.82, 2.24) is 0 Å². The van der Waals surface area contributed by atoms with E-state index in [9.17, 15) is 0 Å². The van der Waals surface area contributed by atoms with Gasteiger partial charge in [-0.15, -0.1) is 33.2 Å². The Kier molecular flexibility index (Phi) is 4.33. The molecule has 0 aromatic heterocycles. The van der Waals surface area contributed by atoms with Crippen LogP contribution in [0.3, 0.4) is 0 Å². The van der Waals surface area contributed by atoms with Gasteiger partial charge in [0.2, 0.25) is 0 Å². The van der Waals surface area contributed by atoms with E-state index in [-0.39, 0.29) is 5.02 Å². The van der Waals surface area contributed by atoms with E-state index in [0.29, 0.717) is 15.2 Å². The van der Waals surface area contributed by atoms with E-state index in [1.165, 1.54) is 0 Å². The highest BCUT2D eigenvalue weighted by Gasteiger charge is 2.34. The van der Waals surface area contributed by atoms with Crippen LogP contribution in [0.2, 0.25) is 15.1 Å². The number of aryl methyl sites for hydroxylation is 1. The van der Waals surface area contributed by atoms with Crippen LogP contribution in [0.15, 0.2) is 6.07 Å². The van der Waals surface area contributed by atoms with Crippen LogP contribution in [0.1, 0.15) is 5.56 Å². The van der Waals surface area contributed by atoms with Crippen LogP contribution in [0, 0.1) is 6.92 Å². The molecule has 0 radical (unpaired) electrons. The average molecular weight is 329 g/mol. The van der Waals surface area contributed by atoms with Crippen LogP contribution < -0.4 is 5.19 Å². The zero-order valence-corrected chi connectivity index (χ0v) is 12.4. The highest BCUT2D eigenvalue weighted by molar-refractivity contribution is 7.69. The normalized spacial score (nSPS) is 11.9. The van der Waals surface area contributed by atoms with Crippen molar-refractivity contribution in [3.05, 3.63) is 26.7 Å². The van der Waals surface area contributed by atoms with Gasteiger partial charge in [-0.2, -0.15) is 0 Å². The van der Waals surface area contributed by atoms with Gasteiger partial charge >= 0.3 is 6.00 Å². The molecule has 0 atom stereocenters. The summed E-state index contributed by atoms with van der Waals surface area (Å²) in [6.45, 7) is 1.78. The number of hydrogen-bond acceptors (Lipinski definition) is 0. The van der Waals surface area contributed by atoms with E-state index in [2.05, 4.69) is 0 Å². The van der Waals surface area contributed by atoms with E-state index in [0.717, 1.165) is 5.56 Å². The first-order valence-electron chi connectivity index (χ1n) is 3.46. The Balaban J connectivity index is 3.53. The summed E-state index contributed by atoms with van der Waals surface area (Å²) in [6, 6.07) is -1.47. The first kappa shape index (κ1) is 13.2. The van der Waals surface area contributed by atoms with Crippen molar-refractivity contribution in [2.75, 3.05) is 0 Å². The Labute approximate surface area is 112 Å². The lowest BCUT2D eigenvalue weighted by atomic mass is 10.2. The lowest BCUT2D eigenvalue weighted by molar-refractivity contribution is 1.49. The lowest BCUT2D eigenvalue weighted by Crippen LogP contribution is -2.32. The van der Waals surface area contributed by atoms with Crippen LogP contribution in [-0.2, 0) is 0 Å². The SMILES string of the molecule is Cc1cc(Cl)c([Si](Cl)(Cl)Cl)c(Cl)c1Cl. The van der Waals surface area contributed by atoms with Crippen molar-refractivity contribution in [1.29, 1.82) is 0 Å². The minimum absolute atomic E-state index is 0.239. The maximum absolute atomic E-state index is 5.95. The van der Waals surface area contributed by atoms with Gasteiger partial charge in [-0.25, -0.2) is 0 Å². The second kappa shape index (κ2) is 4.58. The summed E-state index contributed by atoms with van der Waals surface area (Å²) in [5.74, 6) is 0. The molecule has 1 aromatic rings. The van der Waals surface area contributed by atoms with E-state index in [1.54, 1.807) is 13.0 Å². The van der Waals surface area contributed by atoms with Crippen molar-refractivity contribution >= 4 is 79.2 Å². The minimum atomic E-state index is -3.11. The molecule has 0 amide bonds. The summed E-state index contributed by atoms with van der Waals surface area (Å²) in [5.41, 5.74) is 0.758. The highest BCUT2D eigenvalue weighted by atomic mass is 35.8. The van der Waals surface area contributed by atoms with Gasteiger partial charge in [-0.1, -0.05) is 34.8 Å². The first-order chi connectivity index (χ1) is 6.25. The fourth-order valence-corrected chi connectivity index (χ4v) is 5.96. The molecule has 0 spiro atoms. The molecule has 1 aromatic carbocycles. The standard InChI is InChI=1S/C7H4Cl6Si/c1-3-2-4(8)7(14(11,12)13)6(10)5(3)9/h2H,1H3.